The Morgan fingerprint density at radius 2 is 1.81 bits per heavy atom. The summed E-state index contributed by atoms with van der Waals surface area (Å²) in [7, 11) is -3.92. The largest absolute Gasteiger partial charge is 0.352 e. The third-order valence-electron chi connectivity index (χ3n) is 6.59. The summed E-state index contributed by atoms with van der Waals surface area (Å²) in [5.74, 6) is -1.54. The van der Waals surface area contributed by atoms with E-state index in [4.69, 9.17) is 11.6 Å². The zero-order chi connectivity index (χ0) is 26.5. The van der Waals surface area contributed by atoms with E-state index in [0.717, 1.165) is 65.9 Å². The zero-order valence-corrected chi connectivity index (χ0v) is 22.4. The van der Waals surface area contributed by atoms with Crippen molar-refractivity contribution in [3.8, 4) is 0 Å². The van der Waals surface area contributed by atoms with Crippen LogP contribution < -0.4 is 9.62 Å². The molecular weight excluding hydrogens is 505 g/mol. The molecule has 1 aliphatic rings. The minimum Gasteiger partial charge on any atom is -0.352 e. The van der Waals surface area contributed by atoms with Crippen LogP contribution >= 0.6 is 11.6 Å². The number of amides is 2. The lowest BCUT2D eigenvalue weighted by molar-refractivity contribution is -0.139. The van der Waals surface area contributed by atoms with Crippen molar-refractivity contribution >= 4 is 39.1 Å². The molecule has 10 heteroatoms. The van der Waals surface area contributed by atoms with Crippen molar-refractivity contribution in [1.29, 1.82) is 0 Å². The van der Waals surface area contributed by atoms with E-state index in [1.807, 2.05) is 31.2 Å². The van der Waals surface area contributed by atoms with Gasteiger partial charge in [0.15, 0.2) is 0 Å². The monoisotopic (exact) mass is 537 g/mol. The van der Waals surface area contributed by atoms with Crippen LogP contribution in [-0.2, 0) is 26.2 Å². The Balaban J connectivity index is 1.89. The number of carbonyl (C=O) groups excluding carboxylic acids is 2. The van der Waals surface area contributed by atoms with Crippen molar-refractivity contribution < 1.29 is 22.4 Å². The number of sulfonamides is 1. The molecule has 7 nitrogen and oxygen atoms in total. The maximum Gasteiger partial charge on any atom is 0.244 e. The van der Waals surface area contributed by atoms with Crippen molar-refractivity contribution in [2.45, 2.75) is 64.6 Å². The Hall–Kier alpha value is -2.65. The fraction of sp³-hybridized carbons (Fsp3) is 0.462. The number of halogens is 2. The van der Waals surface area contributed by atoms with Crippen molar-refractivity contribution in [2.24, 2.45) is 0 Å². The van der Waals surface area contributed by atoms with Crippen LogP contribution in [0, 0.1) is 12.7 Å². The van der Waals surface area contributed by atoms with Crippen molar-refractivity contribution in [2.75, 3.05) is 17.1 Å². The van der Waals surface area contributed by atoms with Gasteiger partial charge >= 0.3 is 0 Å². The highest BCUT2D eigenvalue weighted by atomic mass is 35.5. The predicted molar refractivity (Wildman–Crippen MR) is 140 cm³/mol. The van der Waals surface area contributed by atoms with Gasteiger partial charge in [0, 0.05) is 12.6 Å². The summed E-state index contributed by atoms with van der Waals surface area (Å²) in [5.41, 5.74) is 1.85. The molecule has 0 bridgehead atoms. The van der Waals surface area contributed by atoms with E-state index in [2.05, 4.69) is 5.32 Å². The molecule has 2 aromatic carbocycles. The Bertz CT molecular complexity index is 1200. The highest BCUT2D eigenvalue weighted by Crippen LogP contribution is 2.25. The number of anilines is 1. The molecule has 2 amide bonds. The molecule has 3 rings (SSSR count). The van der Waals surface area contributed by atoms with Crippen LogP contribution in [0.1, 0.15) is 50.2 Å². The van der Waals surface area contributed by atoms with E-state index < -0.39 is 34.3 Å². The van der Waals surface area contributed by atoms with Crippen LogP contribution in [0.5, 0.6) is 0 Å². The quantitative estimate of drug-likeness (QED) is 0.513. The van der Waals surface area contributed by atoms with Gasteiger partial charge < -0.3 is 10.2 Å². The molecule has 1 N–H and O–H groups in total. The minimum absolute atomic E-state index is 0.0624. The van der Waals surface area contributed by atoms with E-state index in [1.54, 1.807) is 6.92 Å². The average Bonchev–Trinajstić information content (AvgIpc) is 2.83. The molecule has 0 unspecified atom stereocenters. The highest BCUT2D eigenvalue weighted by Gasteiger charge is 2.31. The van der Waals surface area contributed by atoms with Crippen LogP contribution in [-0.4, -0.2) is 50.0 Å². The van der Waals surface area contributed by atoms with E-state index in [1.165, 1.54) is 11.0 Å². The summed E-state index contributed by atoms with van der Waals surface area (Å²) in [4.78, 5) is 28.2. The third-order valence-corrected chi connectivity index (χ3v) is 8.02. The lowest BCUT2D eigenvalue weighted by atomic mass is 9.95. The first-order valence-corrected chi connectivity index (χ1v) is 14.3. The van der Waals surface area contributed by atoms with Crippen LogP contribution in [0.15, 0.2) is 42.5 Å². The van der Waals surface area contributed by atoms with E-state index >= 15 is 0 Å². The number of hydrogen-bond donors (Lipinski definition) is 1. The second kappa shape index (κ2) is 12.1. The van der Waals surface area contributed by atoms with E-state index in [9.17, 15) is 22.4 Å². The molecule has 2 aromatic rings. The Morgan fingerprint density at radius 1 is 1.14 bits per heavy atom. The summed E-state index contributed by atoms with van der Waals surface area (Å²) in [6.45, 7) is 3.13. The van der Waals surface area contributed by atoms with Gasteiger partial charge in [-0.15, -0.1) is 0 Å². The number of rotatable bonds is 9. The first-order chi connectivity index (χ1) is 17.0. The Kier molecular flexibility index (Phi) is 9.35. The van der Waals surface area contributed by atoms with Gasteiger partial charge in [0.2, 0.25) is 21.8 Å². The average molecular weight is 538 g/mol. The second-order valence-electron chi connectivity index (χ2n) is 9.34. The lowest BCUT2D eigenvalue weighted by Crippen LogP contribution is -2.53. The normalized spacial score (nSPS) is 15.2. The molecule has 0 heterocycles. The maximum atomic E-state index is 13.7. The van der Waals surface area contributed by atoms with Gasteiger partial charge in [-0.25, -0.2) is 12.8 Å². The van der Waals surface area contributed by atoms with Crippen molar-refractivity contribution in [3.05, 3.63) is 64.4 Å². The maximum absolute atomic E-state index is 13.7. The Labute approximate surface area is 217 Å². The van der Waals surface area contributed by atoms with Crippen LogP contribution in [0.2, 0.25) is 5.02 Å². The number of aryl methyl sites for hydroxylation is 1. The summed E-state index contributed by atoms with van der Waals surface area (Å²) in [6, 6.07) is 10.2. The van der Waals surface area contributed by atoms with Gasteiger partial charge in [-0.2, -0.15) is 0 Å². The first kappa shape index (κ1) is 27.9. The summed E-state index contributed by atoms with van der Waals surface area (Å²) < 4.78 is 39.8. The third kappa shape index (κ3) is 7.20. The minimum atomic E-state index is -3.92. The molecule has 0 radical (unpaired) electrons. The topological polar surface area (TPSA) is 86.8 Å². The van der Waals surface area contributed by atoms with Crippen LogP contribution in [0.25, 0.3) is 0 Å². The summed E-state index contributed by atoms with van der Waals surface area (Å²) in [5, 5.41) is 2.80. The zero-order valence-electron chi connectivity index (χ0n) is 20.8. The molecule has 1 aliphatic carbocycles. The summed E-state index contributed by atoms with van der Waals surface area (Å²) >= 11 is 5.87. The summed E-state index contributed by atoms with van der Waals surface area (Å²) in [6.07, 6.45) is 6.01. The van der Waals surface area contributed by atoms with Crippen molar-refractivity contribution in [1.82, 2.24) is 10.2 Å². The van der Waals surface area contributed by atoms with Gasteiger partial charge in [-0.1, -0.05) is 55.1 Å². The van der Waals surface area contributed by atoms with Gasteiger partial charge in [0.25, 0.3) is 0 Å². The van der Waals surface area contributed by atoms with Gasteiger partial charge in [0.1, 0.15) is 18.4 Å². The van der Waals surface area contributed by atoms with Gasteiger partial charge in [0.05, 0.1) is 17.0 Å². The number of carbonyl (C=O) groups is 2. The Morgan fingerprint density at radius 3 is 2.42 bits per heavy atom. The van der Waals surface area contributed by atoms with E-state index in [0.29, 0.717) is 0 Å². The van der Waals surface area contributed by atoms with Crippen LogP contribution in [0.4, 0.5) is 10.1 Å². The molecule has 0 saturated heterocycles. The van der Waals surface area contributed by atoms with Gasteiger partial charge in [-0.05, 0) is 56.0 Å². The molecule has 1 fully saturated rings. The first-order valence-electron chi connectivity index (χ1n) is 12.0. The molecule has 0 aliphatic heterocycles. The fourth-order valence-electron chi connectivity index (χ4n) is 4.38. The molecular formula is C26H33ClFN3O4S. The predicted octanol–water partition coefficient (Wildman–Crippen LogP) is 4.42. The standard InChI is InChI=1S/C26H33ClFN3O4S/c1-18-9-7-8-10-20(18)16-30(19(2)26(33)29-21-11-5-4-6-12-21)25(32)17-31(36(3,34)35)22-13-14-24(28)23(27)15-22/h7-10,13-15,19,21H,4-6,11-12,16-17H2,1-3H3,(H,29,33)/t19-/m1/s1. The molecule has 196 valence electrons. The smallest absolute Gasteiger partial charge is 0.244 e. The van der Waals surface area contributed by atoms with Crippen LogP contribution in [0.3, 0.4) is 0 Å². The number of nitrogens with one attached hydrogen (secondary N) is 1. The molecule has 36 heavy (non-hydrogen) atoms. The molecule has 1 saturated carbocycles. The second-order valence-corrected chi connectivity index (χ2v) is 11.6. The number of nitrogens with zero attached hydrogens (tertiary/aromatic N) is 2. The molecule has 0 aromatic heterocycles. The molecule has 0 spiro atoms. The number of hydrogen-bond acceptors (Lipinski definition) is 4. The highest BCUT2D eigenvalue weighted by molar-refractivity contribution is 7.92. The number of benzene rings is 2. The van der Waals surface area contributed by atoms with Gasteiger partial charge in [-0.3, -0.25) is 13.9 Å². The SMILES string of the molecule is Cc1ccccc1CN(C(=O)CN(c1ccc(F)c(Cl)c1)S(C)(=O)=O)[C@H](C)C(=O)NC1CCCCC1. The lowest BCUT2D eigenvalue weighted by Gasteiger charge is -2.33. The van der Waals surface area contributed by atoms with Crippen molar-refractivity contribution in [3.63, 3.8) is 0 Å². The van der Waals surface area contributed by atoms with E-state index in [-0.39, 0.29) is 29.2 Å². The fourth-order valence-corrected chi connectivity index (χ4v) is 5.39. The molecule has 1 atom stereocenters.